The number of rotatable bonds is 2. The van der Waals surface area contributed by atoms with Crippen LogP contribution in [0.1, 0.15) is 5.56 Å². The lowest BCUT2D eigenvalue weighted by molar-refractivity contribution is -0.137. The summed E-state index contributed by atoms with van der Waals surface area (Å²) >= 11 is 0. The van der Waals surface area contributed by atoms with E-state index in [2.05, 4.69) is 11.8 Å². The van der Waals surface area contributed by atoms with Crippen LogP contribution in [0.25, 0.3) is 0 Å². The summed E-state index contributed by atoms with van der Waals surface area (Å²) in [5.74, 6) is -0.942. The maximum Gasteiger partial charge on any atom is 0.310 e. The van der Waals surface area contributed by atoms with Crippen molar-refractivity contribution in [3.05, 3.63) is 42.8 Å². The third-order valence-electron chi connectivity index (χ3n) is 1.45. The van der Waals surface area contributed by atoms with Gasteiger partial charge in [0.1, 0.15) is 12.9 Å². The molecule has 0 atom stereocenters. The molecule has 2 nitrogen and oxygen atoms in total. The molecule has 0 spiro atoms. The van der Waals surface area contributed by atoms with Crippen LogP contribution >= 0.6 is 0 Å². The topological polar surface area (TPSA) is 26.3 Å². The van der Waals surface area contributed by atoms with E-state index in [4.69, 9.17) is 0 Å². The predicted octanol–water partition coefficient (Wildman–Crippen LogP) is 1.70. The molecule has 63 valence electrons. The van der Waals surface area contributed by atoms with Gasteiger partial charge in [0.2, 0.25) is 0 Å². The van der Waals surface area contributed by atoms with E-state index < -0.39 is 11.8 Å². The molecule has 0 amide bonds. The summed E-state index contributed by atoms with van der Waals surface area (Å²) in [5, 5.41) is 0. The normalized spacial score (nSPS) is 9.50. The molecule has 1 rings (SSSR count). The molecule has 0 aromatic heterocycles. The van der Waals surface area contributed by atoms with Gasteiger partial charge in [-0.15, -0.1) is 0 Å². The Kier molecular flexibility index (Phi) is 2.80. The number of esters is 1. The van der Waals surface area contributed by atoms with Gasteiger partial charge < -0.3 is 4.74 Å². The minimum Gasteiger partial charge on any atom is -0.462 e. The smallest absolute Gasteiger partial charge is 0.310 e. The van der Waals surface area contributed by atoms with Gasteiger partial charge in [-0.2, -0.15) is 0 Å². The van der Waals surface area contributed by atoms with Crippen molar-refractivity contribution >= 4 is 5.97 Å². The van der Waals surface area contributed by atoms with Crippen LogP contribution < -0.4 is 0 Å². The van der Waals surface area contributed by atoms with Gasteiger partial charge in [-0.3, -0.25) is 4.79 Å². The van der Waals surface area contributed by atoms with E-state index in [-0.39, 0.29) is 6.42 Å². The predicted molar refractivity (Wildman–Crippen MR) is 41.6 cm³/mol. The molecular formula is C9H8FO2. The van der Waals surface area contributed by atoms with E-state index in [0.717, 1.165) is 0 Å². The van der Waals surface area contributed by atoms with Crippen molar-refractivity contribution in [1.29, 1.82) is 0 Å². The molecular weight excluding hydrogens is 159 g/mol. The second kappa shape index (κ2) is 3.85. The van der Waals surface area contributed by atoms with Gasteiger partial charge in [-0.05, 0) is 11.6 Å². The highest BCUT2D eigenvalue weighted by Crippen LogP contribution is 2.07. The molecule has 0 saturated carbocycles. The summed E-state index contributed by atoms with van der Waals surface area (Å²) in [4.78, 5) is 10.7. The third kappa shape index (κ3) is 2.05. The SMILES string of the molecule is [CH2]OC(=O)Cc1ccccc1F. The van der Waals surface area contributed by atoms with Gasteiger partial charge in [0.15, 0.2) is 0 Å². The molecule has 0 heterocycles. The Morgan fingerprint density at radius 3 is 2.75 bits per heavy atom. The molecule has 0 unspecified atom stereocenters. The van der Waals surface area contributed by atoms with Crippen LogP contribution in [0.3, 0.4) is 0 Å². The minimum absolute atomic E-state index is 0.0732. The zero-order valence-electron chi connectivity index (χ0n) is 6.42. The lowest BCUT2D eigenvalue weighted by Crippen LogP contribution is -2.04. The van der Waals surface area contributed by atoms with E-state index in [1.165, 1.54) is 12.1 Å². The van der Waals surface area contributed by atoms with Crippen molar-refractivity contribution in [3.8, 4) is 0 Å². The first-order valence-electron chi connectivity index (χ1n) is 3.42. The fourth-order valence-corrected chi connectivity index (χ4v) is 0.848. The van der Waals surface area contributed by atoms with Gasteiger partial charge in [-0.1, -0.05) is 18.2 Å². The number of hydrogen-bond donors (Lipinski definition) is 0. The Labute approximate surface area is 70.0 Å². The Hall–Kier alpha value is -1.38. The Bertz CT molecular complexity index is 284. The number of carbonyl (C=O) groups excluding carboxylic acids is 1. The third-order valence-corrected chi connectivity index (χ3v) is 1.45. The molecule has 0 bridgehead atoms. The molecule has 0 N–H and O–H groups in total. The van der Waals surface area contributed by atoms with Crippen molar-refractivity contribution in [2.45, 2.75) is 6.42 Å². The van der Waals surface area contributed by atoms with E-state index in [9.17, 15) is 9.18 Å². The molecule has 12 heavy (non-hydrogen) atoms. The van der Waals surface area contributed by atoms with Crippen LogP contribution in [-0.2, 0) is 16.0 Å². The van der Waals surface area contributed by atoms with Crippen molar-refractivity contribution < 1.29 is 13.9 Å². The fraction of sp³-hybridized carbons (Fsp3) is 0.111. The number of benzene rings is 1. The van der Waals surface area contributed by atoms with Gasteiger partial charge in [0, 0.05) is 0 Å². The summed E-state index contributed by atoms with van der Waals surface area (Å²) in [5.41, 5.74) is 0.325. The van der Waals surface area contributed by atoms with Gasteiger partial charge in [0.25, 0.3) is 0 Å². The maximum absolute atomic E-state index is 12.9. The van der Waals surface area contributed by atoms with Crippen molar-refractivity contribution in [2.24, 2.45) is 0 Å². The van der Waals surface area contributed by atoms with Crippen LogP contribution in [0.15, 0.2) is 24.3 Å². The van der Waals surface area contributed by atoms with Crippen molar-refractivity contribution in [1.82, 2.24) is 0 Å². The molecule has 1 aromatic rings. The number of halogens is 1. The largest absolute Gasteiger partial charge is 0.462 e. The van der Waals surface area contributed by atoms with E-state index in [1.807, 2.05) is 0 Å². The molecule has 3 heteroatoms. The fourth-order valence-electron chi connectivity index (χ4n) is 0.848. The van der Waals surface area contributed by atoms with Crippen LogP contribution in [0.5, 0.6) is 0 Å². The standard InChI is InChI=1S/C9H8FO2/c1-12-9(11)6-7-4-2-3-5-8(7)10/h2-5H,1,6H2. The number of ether oxygens (including phenoxy) is 1. The second-order valence-electron chi connectivity index (χ2n) is 2.28. The average Bonchev–Trinajstić information content (AvgIpc) is 2.09. The minimum atomic E-state index is -0.542. The summed E-state index contributed by atoms with van der Waals surface area (Å²) in [6, 6.07) is 6.06. The quantitative estimate of drug-likeness (QED) is 0.626. The Morgan fingerprint density at radius 2 is 2.17 bits per heavy atom. The Balaban J connectivity index is 2.75. The molecule has 0 aliphatic heterocycles. The molecule has 0 aliphatic rings. The zero-order chi connectivity index (χ0) is 8.97. The van der Waals surface area contributed by atoms with Crippen molar-refractivity contribution in [2.75, 3.05) is 0 Å². The number of hydrogen-bond acceptors (Lipinski definition) is 2. The highest BCUT2D eigenvalue weighted by Gasteiger charge is 2.06. The monoisotopic (exact) mass is 167 g/mol. The summed E-state index contributed by atoms with van der Waals surface area (Å²) in [6.07, 6.45) is -0.0732. The molecule has 1 aromatic carbocycles. The zero-order valence-corrected chi connectivity index (χ0v) is 6.42. The first-order valence-corrected chi connectivity index (χ1v) is 3.42. The molecule has 0 aliphatic carbocycles. The summed E-state index contributed by atoms with van der Waals surface area (Å²) < 4.78 is 17.0. The lowest BCUT2D eigenvalue weighted by atomic mass is 10.1. The number of carbonyl (C=O) groups is 1. The van der Waals surface area contributed by atoms with Crippen molar-refractivity contribution in [3.63, 3.8) is 0 Å². The van der Waals surface area contributed by atoms with Gasteiger partial charge in [0.05, 0.1) is 6.42 Å². The maximum atomic E-state index is 12.9. The first kappa shape index (κ1) is 8.71. The highest BCUT2D eigenvalue weighted by molar-refractivity contribution is 5.72. The molecule has 0 fully saturated rings. The van der Waals surface area contributed by atoms with E-state index in [0.29, 0.717) is 5.56 Å². The van der Waals surface area contributed by atoms with E-state index >= 15 is 0 Å². The summed E-state index contributed by atoms with van der Waals surface area (Å²) in [7, 11) is 2.94. The molecule has 0 saturated heterocycles. The first-order chi connectivity index (χ1) is 5.74. The van der Waals surface area contributed by atoms with Crippen LogP contribution in [0.4, 0.5) is 4.39 Å². The van der Waals surface area contributed by atoms with E-state index in [1.54, 1.807) is 12.1 Å². The lowest BCUT2D eigenvalue weighted by Gasteiger charge is -1.99. The van der Waals surface area contributed by atoms with Crippen LogP contribution in [-0.4, -0.2) is 5.97 Å². The van der Waals surface area contributed by atoms with Gasteiger partial charge in [-0.25, -0.2) is 4.39 Å². The van der Waals surface area contributed by atoms with Crippen LogP contribution in [0.2, 0.25) is 0 Å². The summed E-state index contributed by atoms with van der Waals surface area (Å²) in [6.45, 7) is 0. The van der Waals surface area contributed by atoms with Gasteiger partial charge >= 0.3 is 5.97 Å². The Morgan fingerprint density at radius 1 is 1.50 bits per heavy atom. The molecule has 1 radical (unpaired) electrons. The second-order valence-corrected chi connectivity index (χ2v) is 2.28. The highest BCUT2D eigenvalue weighted by atomic mass is 19.1. The average molecular weight is 167 g/mol. The van der Waals surface area contributed by atoms with Crippen LogP contribution in [0, 0.1) is 12.9 Å².